The fourth-order valence-corrected chi connectivity index (χ4v) is 2.20. The number of esters is 1. The zero-order chi connectivity index (χ0) is 20.3. The van der Waals surface area contributed by atoms with Gasteiger partial charge in [-0.1, -0.05) is 12.5 Å². The van der Waals surface area contributed by atoms with Crippen molar-refractivity contribution in [2.45, 2.75) is 38.8 Å². The highest BCUT2D eigenvalue weighted by Gasteiger charge is 2.30. The van der Waals surface area contributed by atoms with Crippen molar-refractivity contribution in [2.24, 2.45) is 0 Å². The van der Waals surface area contributed by atoms with Crippen molar-refractivity contribution in [1.29, 1.82) is 0 Å². The Morgan fingerprint density at radius 3 is 2.48 bits per heavy atom. The third kappa shape index (κ3) is 9.07. The molecular formula is C18H23F3N2O4. The molecule has 0 fully saturated rings. The van der Waals surface area contributed by atoms with Crippen LogP contribution in [-0.4, -0.2) is 37.5 Å². The van der Waals surface area contributed by atoms with E-state index in [-0.39, 0.29) is 31.0 Å². The summed E-state index contributed by atoms with van der Waals surface area (Å²) < 4.78 is 42.6. The minimum Gasteiger partial charge on any atom is -0.465 e. The van der Waals surface area contributed by atoms with Gasteiger partial charge in [-0.2, -0.15) is 13.2 Å². The quantitative estimate of drug-likeness (QED) is 0.477. The lowest BCUT2D eigenvalue weighted by molar-refractivity contribution is -0.143. The van der Waals surface area contributed by atoms with Crippen LogP contribution in [0.1, 0.15) is 48.5 Å². The fraction of sp³-hybridized carbons (Fsp3) is 0.500. The van der Waals surface area contributed by atoms with E-state index >= 15 is 0 Å². The molecule has 0 heterocycles. The SMILES string of the molecule is CCOC(=O)CNC(=O)CCCCCNC(=O)c1cccc(C(F)(F)F)c1. The Labute approximate surface area is 155 Å². The molecule has 1 aromatic rings. The standard InChI is InChI=1S/C18H23F3N2O4/c1-2-27-16(25)12-23-15(24)9-4-3-5-10-22-17(26)13-7-6-8-14(11-13)18(19,20)21/h6-8,11H,2-5,9-10,12H2,1H3,(H,22,26)(H,23,24). The predicted molar refractivity (Wildman–Crippen MR) is 91.9 cm³/mol. The predicted octanol–water partition coefficient (Wildman–Crippen LogP) is 2.67. The molecule has 0 saturated heterocycles. The van der Waals surface area contributed by atoms with Gasteiger partial charge in [0, 0.05) is 18.5 Å². The number of halogens is 3. The summed E-state index contributed by atoms with van der Waals surface area (Å²) in [7, 11) is 0. The number of hydrogen-bond donors (Lipinski definition) is 2. The number of carbonyl (C=O) groups is 3. The number of hydrogen-bond acceptors (Lipinski definition) is 4. The van der Waals surface area contributed by atoms with E-state index in [0.717, 1.165) is 12.1 Å². The van der Waals surface area contributed by atoms with Gasteiger partial charge in [0.05, 0.1) is 12.2 Å². The molecule has 0 radical (unpaired) electrons. The molecule has 150 valence electrons. The van der Waals surface area contributed by atoms with Crippen molar-refractivity contribution in [3.05, 3.63) is 35.4 Å². The number of unbranched alkanes of at least 4 members (excludes halogenated alkanes) is 2. The topological polar surface area (TPSA) is 84.5 Å². The lowest BCUT2D eigenvalue weighted by Gasteiger charge is -2.09. The van der Waals surface area contributed by atoms with Crippen LogP contribution < -0.4 is 10.6 Å². The van der Waals surface area contributed by atoms with Crippen molar-refractivity contribution >= 4 is 17.8 Å². The number of rotatable bonds is 10. The first-order valence-electron chi connectivity index (χ1n) is 8.61. The van der Waals surface area contributed by atoms with E-state index < -0.39 is 23.6 Å². The van der Waals surface area contributed by atoms with Gasteiger partial charge < -0.3 is 15.4 Å². The van der Waals surface area contributed by atoms with Crippen molar-refractivity contribution in [2.75, 3.05) is 19.7 Å². The van der Waals surface area contributed by atoms with Gasteiger partial charge in [-0.05, 0) is 38.0 Å². The van der Waals surface area contributed by atoms with Crippen LogP contribution in [0.4, 0.5) is 13.2 Å². The lowest BCUT2D eigenvalue weighted by Crippen LogP contribution is -2.30. The number of alkyl halides is 3. The Bertz CT molecular complexity index is 648. The molecule has 0 unspecified atom stereocenters. The van der Waals surface area contributed by atoms with Gasteiger partial charge in [-0.15, -0.1) is 0 Å². The molecule has 0 aliphatic carbocycles. The normalized spacial score (nSPS) is 11.0. The molecule has 0 aromatic heterocycles. The van der Waals surface area contributed by atoms with E-state index in [1.807, 2.05) is 0 Å². The van der Waals surface area contributed by atoms with Gasteiger partial charge in [0.2, 0.25) is 5.91 Å². The summed E-state index contributed by atoms with van der Waals surface area (Å²) in [6.07, 6.45) is -2.47. The highest BCUT2D eigenvalue weighted by atomic mass is 19.4. The van der Waals surface area contributed by atoms with Crippen molar-refractivity contribution < 1.29 is 32.3 Å². The number of benzene rings is 1. The first-order chi connectivity index (χ1) is 12.7. The molecule has 0 atom stereocenters. The monoisotopic (exact) mass is 388 g/mol. The Balaban J connectivity index is 2.20. The highest BCUT2D eigenvalue weighted by Crippen LogP contribution is 2.29. The summed E-state index contributed by atoms with van der Waals surface area (Å²) in [5, 5.41) is 4.99. The first kappa shape index (κ1) is 22.5. The van der Waals surface area contributed by atoms with Gasteiger partial charge in [-0.25, -0.2) is 0 Å². The molecule has 0 saturated carbocycles. The lowest BCUT2D eigenvalue weighted by atomic mass is 10.1. The molecule has 0 aliphatic heterocycles. The van der Waals surface area contributed by atoms with Gasteiger partial charge in [0.1, 0.15) is 6.54 Å². The maximum absolute atomic E-state index is 12.6. The smallest absolute Gasteiger partial charge is 0.416 e. The van der Waals surface area contributed by atoms with E-state index in [0.29, 0.717) is 25.8 Å². The van der Waals surface area contributed by atoms with Gasteiger partial charge in [0.25, 0.3) is 5.91 Å². The summed E-state index contributed by atoms with van der Waals surface area (Å²) in [5.41, 5.74) is -0.924. The molecule has 2 N–H and O–H groups in total. The van der Waals surface area contributed by atoms with Gasteiger partial charge in [-0.3, -0.25) is 14.4 Å². The average molecular weight is 388 g/mol. The van der Waals surface area contributed by atoms with Gasteiger partial charge >= 0.3 is 12.1 Å². The molecule has 1 aromatic carbocycles. The summed E-state index contributed by atoms with van der Waals surface area (Å²) in [4.78, 5) is 34.5. The van der Waals surface area contributed by atoms with Crippen LogP contribution in [0.15, 0.2) is 24.3 Å². The van der Waals surface area contributed by atoms with Gasteiger partial charge in [0.15, 0.2) is 0 Å². The number of ether oxygens (including phenoxy) is 1. The number of amides is 2. The van der Waals surface area contributed by atoms with Crippen LogP contribution in [0.5, 0.6) is 0 Å². The first-order valence-corrected chi connectivity index (χ1v) is 8.61. The van der Waals surface area contributed by atoms with Crippen LogP contribution in [-0.2, 0) is 20.5 Å². The highest BCUT2D eigenvalue weighted by molar-refractivity contribution is 5.94. The third-order valence-corrected chi connectivity index (χ3v) is 3.55. The van der Waals surface area contributed by atoms with E-state index in [2.05, 4.69) is 15.4 Å². The summed E-state index contributed by atoms with van der Waals surface area (Å²) >= 11 is 0. The van der Waals surface area contributed by atoms with E-state index in [9.17, 15) is 27.6 Å². The summed E-state index contributed by atoms with van der Waals surface area (Å²) in [5.74, 6) is -1.34. The summed E-state index contributed by atoms with van der Waals surface area (Å²) in [6, 6.07) is 4.22. The number of nitrogens with one attached hydrogen (secondary N) is 2. The second-order valence-corrected chi connectivity index (χ2v) is 5.73. The fourth-order valence-electron chi connectivity index (χ4n) is 2.20. The molecule has 9 heteroatoms. The van der Waals surface area contributed by atoms with Crippen LogP contribution in [0.3, 0.4) is 0 Å². The number of carbonyl (C=O) groups excluding carboxylic acids is 3. The van der Waals surface area contributed by atoms with E-state index in [4.69, 9.17) is 0 Å². The Morgan fingerprint density at radius 1 is 1.07 bits per heavy atom. The van der Waals surface area contributed by atoms with E-state index in [1.165, 1.54) is 12.1 Å². The van der Waals surface area contributed by atoms with Crippen molar-refractivity contribution in [1.82, 2.24) is 10.6 Å². The van der Waals surface area contributed by atoms with Crippen LogP contribution >= 0.6 is 0 Å². The Kier molecular flexibility index (Phi) is 9.32. The second-order valence-electron chi connectivity index (χ2n) is 5.73. The molecule has 2 amide bonds. The van der Waals surface area contributed by atoms with Crippen molar-refractivity contribution in [3.8, 4) is 0 Å². The molecular weight excluding hydrogens is 365 g/mol. The third-order valence-electron chi connectivity index (χ3n) is 3.55. The second kappa shape index (κ2) is 11.2. The maximum Gasteiger partial charge on any atom is 0.416 e. The van der Waals surface area contributed by atoms with E-state index in [1.54, 1.807) is 6.92 Å². The van der Waals surface area contributed by atoms with Crippen LogP contribution in [0, 0.1) is 0 Å². The maximum atomic E-state index is 12.6. The zero-order valence-electron chi connectivity index (χ0n) is 15.0. The Hall–Kier alpha value is -2.58. The summed E-state index contributed by atoms with van der Waals surface area (Å²) in [6.45, 7) is 2.05. The molecule has 0 spiro atoms. The minimum absolute atomic E-state index is 0.0526. The Morgan fingerprint density at radius 2 is 1.81 bits per heavy atom. The minimum atomic E-state index is -4.50. The molecule has 0 aliphatic rings. The van der Waals surface area contributed by atoms with Crippen molar-refractivity contribution in [3.63, 3.8) is 0 Å². The molecule has 27 heavy (non-hydrogen) atoms. The van der Waals surface area contributed by atoms with Crippen LogP contribution in [0.25, 0.3) is 0 Å². The molecule has 6 nitrogen and oxygen atoms in total. The molecule has 1 rings (SSSR count). The average Bonchev–Trinajstić information content (AvgIpc) is 2.62. The van der Waals surface area contributed by atoms with Crippen LogP contribution in [0.2, 0.25) is 0 Å². The largest absolute Gasteiger partial charge is 0.465 e. The zero-order valence-corrected chi connectivity index (χ0v) is 15.0. The molecule has 0 bridgehead atoms.